The molecule has 2 atom stereocenters. The second-order valence-corrected chi connectivity index (χ2v) is 6.16. The first-order valence-electron chi connectivity index (χ1n) is 7.47. The molecule has 1 saturated heterocycles. The molecule has 0 unspecified atom stereocenters. The number of hydrogen-bond donors (Lipinski definition) is 1. The first-order chi connectivity index (χ1) is 9.31. The normalized spacial score (nSPS) is 30.0. The fraction of sp³-hybridized carbons (Fsp3) is 0.562. The highest BCUT2D eigenvalue weighted by atomic mass is 16.1. The topological polar surface area (TPSA) is 32.3 Å². The Morgan fingerprint density at radius 2 is 2.00 bits per heavy atom. The summed E-state index contributed by atoms with van der Waals surface area (Å²) in [4.78, 5) is 14.5. The minimum absolute atomic E-state index is 0.191. The SMILES string of the molecule is O=C1C[C@@H]2C[C@H](N3CCCC3)Cc3cccc(c32)N1. The van der Waals surface area contributed by atoms with E-state index in [-0.39, 0.29) is 5.91 Å². The van der Waals surface area contributed by atoms with E-state index in [1.807, 2.05) is 0 Å². The van der Waals surface area contributed by atoms with Crippen LogP contribution in [0.3, 0.4) is 0 Å². The average molecular weight is 256 g/mol. The lowest BCUT2D eigenvalue weighted by molar-refractivity contribution is -0.117. The van der Waals surface area contributed by atoms with Crippen LogP contribution in [0.15, 0.2) is 18.2 Å². The van der Waals surface area contributed by atoms with Crippen LogP contribution >= 0.6 is 0 Å². The average Bonchev–Trinajstić information content (AvgIpc) is 2.92. The molecule has 1 aromatic rings. The second-order valence-electron chi connectivity index (χ2n) is 6.16. The summed E-state index contributed by atoms with van der Waals surface area (Å²) in [5.41, 5.74) is 3.96. The molecule has 2 heterocycles. The summed E-state index contributed by atoms with van der Waals surface area (Å²) >= 11 is 0. The van der Waals surface area contributed by atoms with E-state index in [2.05, 4.69) is 28.4 Å². The van der Waals surface area contributed by atoms with Crippen LogP contribution in [0.2, 0.25) is 0 Å². The monoisotopic (exact) mass is 256 g/mol. The Labute approximate surface area is 114 Å². The molecule has 1 amide bonds. The predicted molar refractivity (Wildman–Crippen MR) is 75.3 cm³/mol. The number of anilines is 1. The third kappa shape index (κ3) is 1.88. The van der Waals surface area contributed by atoms with Crippen molar-refractivity contribution in [3.8, 4) is 0 Å². The molecule has 1 aliphatic carbocycles. The summed E-state index contributed by atoms with van der Waals surface area (Å²) in [5.74, 6) is 0.635. The first-order valence-corrected chi connectivity index (χ1v) is 7.47. The lowest BCUT2D eigenvalue weighted by Gasteiger charge is -2.39. The Kier molecular flexibility index (Phi) is 2.62. The van der Waals surface area contributed by atoms with Gasteiger partial charge in [0.15, 0.2) is 0 Å². The van der Waals surface area contributed by atoms with Crippen LogP contribution in [-0.4, -0.2) is 29.9 Å². The highest BCUT2D eigenvalue weighted by Gasteiger charge is 2.36. The van der Waals surface area contributed by atoms with E-state index < -0.39 is 0 Å². The smallest absolute Gasteiger partial charge is 0.224 e. The lowest BCUT2D eigenvalue weighted by Crippen LogP contribution is -2.40. The number of rotatable bonds is 1. The third-order valence-electron chi connectivity index (χ3n) is 4.98. The van der Waals surface area contributed by atoms with Gasteiger partial charge < -0.3 is 10.2 Å². The van der Waals surface area contributed by atoms with Gasteiger partial charge in [0.1, 0.15) is 0 Å². The number of nitrogens with zero attached hydrogens (tertiary/aromatic N) is 1. The van der Waals surface area contributed by atoms with Gasteiger partial charge in [-0.2, -0.15) is 0 Å². The fourth-order valence-corrected chi connectivity index (χ4v) is 4.16. The van der Waals surface area contributed by atoms with Gasteiger partial charge in [-0.15, -0.1) is 0 Å². The Hall–Kier alpha value is -1.35. The van der Waals surface area contributed by atoms with Crippen molar-refractivity contribution in [3.05, 3.63) is 29.3 Å². The second kappa shape index (κ2) is 4.34. The van der Waals surface area contributed by atoms with E-state index in [1.54, 1.807) is 0 Å². The van der Waals surface area contributed by atoms with Crippen molar-refractivity contribution in [2.24, 2.45) is 0 Å². The number of carbonyl (C=O) groups is 1. The van der Waals surface area contributed by atoms with Crippen molar-refractivity contribution in [2.45, 2.75) is 44.1 Å². The molecule has 3 nitrogen and oxygen atoms in total. The highest BCUT2D eigenvalue weighted by molar-refractivity contribution is 5.95. The van der Waals surface area contributed by atoms with E-state index in [1.165, 1.54) is 37.1 Å². The van der Waals surface area contributed by atoms with E-state index in [0.717, 1.165) is 18.5 Å². The zero-order valence-electron chi connectivity index (χ0n) is 11.2. The standard InChI is InChI=1S/C16H20N2O/c19-15-10-12-9-13(18-6-1-2-7-18)8-11-4-3-5-14(17-15)16(11)12/h3-5,12-13H,1-2,6-10H2,(H,17,19)/t12-,13+/m0/s1. The van der Waals surface area contributed by atoms with Gasteiger partial charge in [0.05, 0.1) is 0 Å². The summed E-state index contributed by atoms with van der Waals surface area (Å²) in [6.45, 7) is 2.50. The molecule has 0 bridgehead atoms. The maximum Gasteiger partial charge on any atom is 0.224 e. The maximum absolute atomic E-state index is 11.8. The van der Waals surface area contributed by atoms with Crippen molar-refractivity contribution in [3.63, 3.8) is 0 Å². The largest absolute Gasteiger partial charge is 0.326 e. The molecule has 19 heavy (non-hydrogen) atoms. The van der Waals surface area contributed by atoms with Gasteiger partial charge in [-0.1, -0.05) is 12.1 Å². The molecular formula is C16H20N2O. The highest BCUT2D eigenvalue weighted by Crippen LogP contribution is 2.43. The minimum atomic E-state index is 0.191. The lowest BCUT2D eigenvalue weighted by atomic mass is 9.75. The predicted octanol–water partition coefficient (Wildman–Crippen LogP) is 2.52. The van der Waals surface area contributed by atoms with Crippen molar-refractivity contribution in [1.82, 2.24) is 4.90 Å². The molecule has 3 aliphatic rings. The number of carbonyl (C=O) groups excluding carboxylic acids is 1. The van der Waals surface area contributed by atoms with Crippen molar-refractivity contribution in [1.29, 1.82) is 0 Å². The van der Waals surface area contributed by atoms with Gasteiger partial charge in [0.25, 0.3) is 0 Å². The quantitative estimate of drug-likeness (QED) is 0.837. The molecule has 3 heteroatoms. The molecule has 0 radical (unpaired) electrons. The Balaban J connectivity index is 1.70. The van der Waals surface area contributed by atoms with E-state index >= 15 is 0 Å². The number of nitrogens with one attached hydrogen (secondary N) is 1. The molecule has 1 N–H and O–H groups in total. The molecule has 0 aromatic heterocycles. The van der Waals surface area contributed by atoms with E-state index in [0.29, 0.717) is 18.4 Å². The van der Waals surface area contributed by atoms with Crippen molar-refractivity contribution in [2.75, 3.05) is 18.4 Å². The molecule has 1 aromatic carbocycles. The van der Waals surface area contributed by atoms with Gasteiger partial charge in [0.2, 0.25) is 5.91 Å². The number of amides is 1. The van der Waals surface area contributed by atoms with Crippen LogP contribution in [0.5, 0.6) is 0 Å². The van der Waals surface area contributed by atoms with E-state index in [9.17, 15) is 4.79 Å². The van der Waals surface area contributed by atoms with Crippen LogP contribution < -0.4 is 5.32 Å². The van der Waals surface area contributed by atoms with Crippen LogP contribution in [0.1, 0.15) is 42.7 Å². The Morgan fingerprint density at radius 1 is 1.16 bits per heavy atom. The number of likely N-dealkylation sites (tertiary alicyclic amines) is 1. The van der Waals surface area contributed by atoms with Gasteiger partial charge in [-0.05, 0) is 61.9 Å². The summed E-state index contributed by atoms with van der Waals surface area (Å²) in [5, 5.41) is 3.03. The van der Waals surface area contributed by atoms with E-state index in [4.69, 9.17) is 0 Å². The van der Waals surface area contributed by atoms with Crippen LogP contribution in [0.4, 0.5) is 5.69 Å². The van der Waals surface area contributed by atoms with Gasteiger partial charge >= 0.3 is 0 Å². The van der Waals surface area contributed by atoms with Crippen LogP contribution in [0.25, 0.3) is 0 Å². The van der Waals surface area contributed by atoms with Gasteiger partial charge in [-0.3, -0.25) is 4.79 Å². The van der Waals surface area contributed by atoms with Crippen molar-refractivity contribution < 1.29 is 4.79 Å². The molecule has 4 rings (SSSR count). The molecule has 1 fully saturated rings. The number of hydrogen-bond acceptors (Lipinski definition) is 2. The minimum Gasteiger partial charge on any atom is -0.326 e. The van der Waals surface area contributed by atoms with Crippen LogP contribution in [-0.2, 0) is 11.2 Å². The summed E-state index contributed by atoms with van der Waals surface area (Å²) in [6.07, 6.45) is 5.68. The Bertz CT molecular complexity index is 519. The fourth-order valence-electron chi connectivity index (χ4n) is 4.16. The molecule has 2 aliphatic heterocycles. The first kappa shape index (κ1) is 11.5. The molecular weight excluding hydrogens is 236 g/mol. The maximum atomic E-state index is 11.8. The van der Waals surface area contributed by atoms with Gasteiger partial charge in [0, 0.05) is 18.2 Å². The summed E-state index contributed by atoms with van der Waals surface area (Å²) < 4.78 is 0. The van der Waals surface area contributed by atoms with Crippen LogP contribution in [0, 0.1) is 0 Å². The summed E-state index contributed by atoms with van der Waals surface area (Å²) in [6, 6.07) is 7.05. The summed E-state index contributed by atoms with van der Waals surface area (Å²) in [7, 11) is 0. The zero-order chi connectivity index (χ0) is 12.8. The third-order valence-corrected chi connectivity index (χ3v) is 4.98. The zero-order valence-corrected chi connectivity index (χ0v) is 11.2. The van der Waals surface area contributed by atoms with Crippen molar-refractivity contribution >= 4 is 11.6 Å². The molecule has 0 spiro atoms. The molecule has 0 saturated carbocycles. The van der Waals surface area contributed by atoms with Gasteiger partial charge in [-0.25, -0.2) is 0 Å². The molecule has 100 valence electrons. The Morgan fingerprint density at radius 3 is 2.84 bits per heavy atom. The number of benzene rings is 1.